The van der Waals surface area contributed by atoms with Crippen molar-refractivity contribution in [1.29, 1.82) is 0 Å². The third kappa shape index (κ3) is 4.20. The van der Waals surface area contributed by atoms with E-state index in [4.69, 9.17) is 0 Å². The van der Waals surface area contributed by atoms with E-state index < -0.39 is 16.1 Å². The largest absolute Gasteiger partial charge is 0.374 e. The van der Waals surface area contributed by atoms with Crippen molar-refractivity contribution in [3.05, 3.63) is 53.1 Å². The van der Waals surface area contributed by atoms with E-state index in [-0.39, 0.29) is 10.8 Å². The quantitative estimate of drug-likeness (QED) is 0.779. The molecule has 0 aliphatic heterocycles. The van der Waals surface area contributed by atoms with Crippen LogP contribution in [-0.2, 0) is 27.7 Å². The van der Waals surface area contributed by atoms with E-state index >= 15 is 0 Å². The molecule has 0 fully saturated rings. The zero-order valence-corrected chi connectivity index (χ0v) is 17.6. The number of benzene rings is 2. The molecule has 2 N–H and O–H groups in total. The third-order valence-corrected chi connectivity index (χ3v) is 6.93. The minimum atomic E-state index is -3.56. The van der Waals surface area contributed by atoms with Gasteiger partial charge in [-0.3, -0.25) is 4.79 Å². The van der Waals surface area contributed by atoms with E-state index in [1.165, 1.54) is 37.7 Å². The summed E-state index contributed by atoms with van der Waals surface area (Å²) in [5.74, 6) is -0.219. The number of rotatable bonds is 6. The Morgan fingerprint density at radius 1 is 1.07 bits per heavy atom. The molecule has 0 aromatic heterocycles. The van der Waals surface area contributed by atoms with Crippen molar-refractivity contribution in [2.24, 2.45) is 0 Å². The van der Waals surface area contributed by atoms with Gasteiger partial charge in [0.05, 0.1) is 4.90 Å². The highest BCUT2D eigenvalue weighted by molar-refractivity contribution is 7.89. The molecule has 3 rings (SSSR count). The van der Waals surface area contributed by atoms with Crippen molar-refractivity contribution in [2.75, 3.05) is 24.7 Å². The molecule has 150 valence electrons. The van der Waals surface area contributed by atoms with Crippen LogP contribution >= 0.6 is 0 Å². The maximum Gasteiger partial charge on any atom is 0.246 e. The summed E-state index contributed by atoms with van der Waals surface area (Å²) in [6, 6.07) is 10.5. The van der Waals surface area contributed by atoms with E-state index in [2.05, 4.69) is 22.8 Å². The van der Waals surface area contributed by atoms with E-state index in [9.17, 15) is 13.2 Å². The lowest BCUT2D eigenvalue weighted by Crippen LogP contribution is -2.32. The van der Waals surface area contributed by atoms with Crippen molar-refractivity contribution < 1.29 is 13.2 Å². The highest BCUT2D eigenvalue weighted by Crippen LogP contribution is 2.26. The normalized spacial score (nSPS) is 14.6. The number of hydrogen-bond acceptors (Lipinski definition) is 4. The lowest BCUT2D eigenvalue weighted by molar-refractivity contribution is -0.116. The van der Waals surface area contributed by atoms with Crippen LogP contribution in [0.2, 0.25) is 0 Å². The van der Waals surface area contributed by atoms with Crippen LogP contribution in [-0.4, -0.2) is 38.8 Å². The molecule has 0 spiro atoms. The van der Waals surface area contributed by atoms with Crippen LogP contribution in [0, 0.1) is 6.92 Å². The fourth-order valence-corrected chi connectivity index (χ4v) is 4.25. The fraction of sp³-hybridized carbons (Fsp3) is 0.381. The first-order valence-electron chi connectivity index (χ1n) is 9.41. The van der Waals surface area contributed by atoms with Crippen LogP contribution in [0.15, 0.2) is 41.3 Å². The molecule has 1 aliphatic carbocycles. The Balaban J connectivity index is 1.73. The van der Waals surface area contributed by atoms with Crippen LogP contribution in [0.1, 0.15) is 30.0 Å². The van der Waals surface area contributed by atoms with Crippen molar-refractivity contribution in [1.82, 2.24) is 4.31 Å². The predicted octanol–water partition coefficient (Wildman–Crippen LogP) is 3.17. The van der Waals surface area contributed by atoms with Gasteiger partial charge in [0.2, 0.25) is 15.9 Å². The summed E-state index contributed by atoms with van der Waals surface area (Å²) < 4.78 is 25.9. The number of fused-ring (bicyclic) bond motifs is 1. The van der Waals surface area contributed by atoms with E-state index in [1.54, 1.807) is 19.1 Å². The highest BCUT2D eigenvalue weighted by atomic mass is 32.2. The predicted molar refractivity (Wildman–Crippen MR) is 112 cm³/mol. The second kappa shape index (κ2) is 7.93. The number of anilines is 2. The second-order valence-electron chi connectivity index (χ2n) is 7.46. The van der Waals surface area contributed by atoms with Gasteiger partial charge in [0.15, 0.2) is 0 Å². The summed E-state index contributed by atoms with van der Waals surface area (Å²) in [5.41, 5.74) is 4.95. The molecule has 1 amide bonds. The second-order valence-corrected chi connectivity index (χ2v) is 9.61. The monoisotopic (exact) mass is 401 g/mol. The number of nitrogens with one attached hydrogen (secondary N) is 2. The summed E-state index contributed by atoms with van der Waals surface area (Å²) in [6.07, 6.45) is 3.38. The number of sulfonamides is 1. The first-order valence-corrected chi connectivity index (χ1v) is 10.8. The lowest BCUT2D eigenvalue weighted by atomic mass is 10.1. The lowest BCUT2D eigenvalue weighted by Gasteiger charge is -2.18. The number of carbonyl (C=O) groups excluding carboxylic acids is 1. The summed E-state index contributed by atoms with van der Waals surface area (Å²) in [5, 5.41) is 6.09. The maximum atomic E-state index is 12.7. The summed E-state index contributed by atoms with van der Waals surface area (Å²) in [6.45, 7) is 3.62. The number of hydrogen-bond donors (Lipinski definition) is 2. The molecule has 0 unspecified atom stereocenters. The van der Waals surface area contributed by atoms with Crippen LogP contribution in [0.5, 0.6) is 0 Å². The van der Waals surface area contributed by atoms with Gasteiger partial charge in [0.25, 0.3) is 0 Å². The first kappa shape index (κ1) is 20.4. The smallest absolute Gasteiger partial charge is 0.246 e. The molecule has 2 aromatic rings. The zero-order valence-electron chi connectivity index (χ0n) is 16.7. The van der Waals surface area contributed by atoms with Gasteiger partial charge in [-0.25, -0.2) is 12.7 Å². The minimum absolute atomic E-state index is 0.151. The number of amides is 1. The van der Waals surface area contributed by atoms with E-state index in [1.807, 2.05) is 13.0 Å². The van der Waals surface area contributed by atoms with Crippen molar-refractivity contribution >= 4 is 27.3 Å². The SMILES string of the molecule is Cc1ccc(S(=O)(=O)N(C)C)cc1NC(=O)[C@H](C)Nc1ccc2c(c1)CCC2. The van der Waals surface area contributed by atoms with Gasteiger partial charge in [0.1, 0.15) is 6.04 Å². The molecule has 28 heavy (non-hydrogen) atoms. The van der Waals surface area contributed by atoms with Crippen molar-refractivity contribution in [2.45, 2.75) is 44.0 Å². The number of nitrogens with zero attached hydrogens (tertiary/aromatic N) is 1. The Hall–Kier alpha value is -2.38. The highest BCUT2D eigenvalue weighted by Gasteiger charge is 2.20. The standard InChI is InChI=1S/C21H27N3O3S/c1-14-8-11-19(28(26,27)24(3)4)13-20(14)23-21(25)15(2)22-18-10-9-16-6-5-7-17(16)12-18/h8-13,15,22H,5-7H2,1-4H3,(H,23,25)/t15-/m0/s1. The molecule has 2 aromatic carbocycles. The topological polar surface area (TPSA) is 78.5 Å². The summed E-state index contributed by atoms with van der Waals surface area (Å²) >= 11 is 0. The number of carbonyl (C=O) groups is 1. The molecule has 0 saturated heterocycles. The molecular weight excluding hydrogens is 374 g/mol. The Bertz CT molecular complexity index is 1000. The van der Waals surface area contributed by atoms with Gasteiger partial charge >= 0.3 is 0 Å². The van der Waals surface area contributed by atoms with Crippen LogP contribution < -0.4 is 10.6 Å². The Labute approximate surface area is 167 Å². The van der Waals surface area contributed by atoms with Gasteiger partial charge in [-0.15, -0.1) is 0 Å². The third-order valence-electron chi connectivity index (χ3n) is 5.12. The molecule has 0 bridgehead atoms. The Kier molecular flexibility index (Phi) is 5.76. The summed E-state index contributed by atoms with van der Waals surface area (Å²) in [4.78, 5) is 12.8. The first-order chi connectivity index (χ1) is 13.2. The Morgan fingerprint density at radius 2 is 1.79 bits per heavy atom. The van der Waals surface area contributed by atoms with Crippen molar-refractivity contribution in [3.63, 3.8) is 0 Å². The molecule has 6 nitrogen and oxygen atoms in total. The molecule has 7 heteroatoms. The minimum Gasteiger partial charge on any atom is -0.374 e. The fourth-order valence-electron chi connectivity index (χ4n) is 3.33. The number of aryl methyl sites for hydroxylation is 3. The van der Waals surface area contributed by atoms with Gasteiger partial charge < -0.3 is 10.6 Å². The molecule has 0 radical (unpaired) electrons. The molecule has 1 aliphatic rings. The maximum absolute atomic E-state index is 12.7. The molecule has 0 heterocycles. The van der Waals surface area contributed by atoms with Gasteiger partial charge in [-0.2, -0.15) is 0 Å². The molecule has 0 saturated carbocycles. The van der Waals surface area contributed by atoms with Crippen LogP contribution in [0.25, 0.3) is 0 Å². The van der Waals surface area contributed by atoms with Crippen molar-refractivity contribution in [3.8, 4) is 0 Å². The van der Waals surface area contributed by atoms with Gasteiger partial charge in [-0.05, 0) is 74.1 Å². The van der Waals surface area contributed by atoms with Gasteiger partial charge in [-0.1, -0.05) is 12.1 Å². The van der Waals surface area contributed by atoms with Gasteiger partial charge in [0, 0.05) is 25.5 Å². The van der Waals surface area contributed by atoms with Crippen LogP contribution in [0.3, 0.4) is 0 Å². The molecular formula is C21H27N3O3S. The van der Waals surface area contributed by atoms with E-state index in [0.29, 0.717) is 5.69 Å². The average molecular weight is 402 g/mol. The van der Waals surface area contributed by atoms with Crippen LogP contribution in [0.4, 0.5) is 11.4 Å². The van der Waals surface area contributed by atoms with E-state index in [0.717, 1.165) is 28.4 Å². The summed E-state index contributed by atoms with van der Waals surface area (Å²) in [7, 11) is -0.596. The average Bonchev–Trinajstić information content (AvgIpc) is 3.10. The molecule has 1 atom stereocenters. The zero-order chi connectivity index (χ0) is 20.5. The Morgan fingerprint density at radius 3 is 2.50 bits per heavy atom.